The number of hydrogen-bond acceptors (Lipinski definition) is 4. The van der Waals surface area contributed by atoms with Crippen molar-refractivity contribution in [1.29, 1.82) is 0 Å². The smallest absolute Gasteiger partial charge is 0.238 e. The fraction of sp³-hybridized carbons (Fsp3) is 0.381. The molecule has 0 bridgehead atoms. The van der Waals surface area contributed by atoms with Crippen LogP contribution in [0.25, 0.3) is 0 Å². The molecule has 2 aliphatic rings. The molecule has 0 atom stereocenters. The van der Waals surface area contributed by atoms with E-state index < -0.39 is 0 Å². The van der Waals surface area contributed by atoms with Gasteiger partial charge in [-0.25, -0.2) is 0 Å². The first-order valence-electron chi connectivity index (χ1n) is 9.31. The topological polar surface area (TPSA) is 53.6 Å². The maximum Gasteiger partial charge on any atom is 0.238 e. The van der Waals surface area contributed by atoms with Crippen LogP contribution >= 0.6 is 0 Å². The van der Waals surface area contributed by atoms with Crippen LogP contribution in [-0.4, -0.2) is 44.8 Å². The van der Waals surface area contributed by atoms with Crippen molar-refractivity contribution in [1.82, 2.24) is 5.32 Å². The van der Waals surface area contributed by atoms with Crippen LogP contribution in [-0.2, 0) is 22.4 Å². The fourth-order valence-electron chi connectivity index (χ4n) is 3.79. The van der Waals surface area contributed by atoms with Gasteiger partial charge in [-0.2, -0.15) is 0 Å². The number of carbonyl (C=O) groups excluding carboxylic acids is 1. The minimum atomic E-state index is 0.00154. The second-order valence-electron chi connectivity index (χ2n) is 6.92. The zero-order valence-electron chi connectivity index (χ0n) is 14.9. The molecule has 0 spiro atoms. The summed E-state index contributed by atoms with van der Waals surface area (Å²) in [6.45, 7) is 3.49. The van der Waals surface area contributed by atoms with Gasteiger partial charge in [0, 0.05) is 19.1 Å². The average Bonchev–Trinajstić information content (AvgIpc) is 3.11. The molecule has 1 heterocycles. The summed E-state index contributed by atoms with van der Waals surface area (Å²) < 4.78 is 5.43. The standard InChI is InChI=1S/C21H25N3O2/c25-21(15-22-18-13-16-5-1-2-6-17(16)14-18)23-19-7-3-4-8-20(19)24-9-11-26-12-10-24/h1-8,18,22H,9-15H2,(H,23,25). The lowest BCUT2D eigenvalue weighted by Crippen LogP contribution is -2.38. The van der Waals surface area contributed by atoms with Crippen molar-refractivity contribution in [3.05, 3.63) is 59.7 Å². The number of carbonyl (C=O) groups is 1. The van der Waals surface area contributed by atoms with Gasteiger partial charge < -0.3 is 20.3 Å². The Labute approximate surface area is 154 Å². The third-order valence-corrected chi connectivity index (χ3v) is 5.13. The number of hydrogen-bond donors (Lipinski definition) is 2. The monoisotopic (exact) mass is 351 g/mol. The van der Waals surface area contributed by atoms with Crippen molar-refractivity contribution in [2.45, 2.75) is 18.9 Å². The van der Waals surface area contributed by atoms with E-state index in [0.29, 0.717) is 12.6 Å². The summed E-state index contributed by atoms with van der Waals surface area (Å²) in [5.74, 6) is 0.00154. The van der Waals surface area contributed by atoms with E-state index in [1.807, 2.05) is 18.2 Å². The molecule has 0 radical (unpaired) electrons. The van der Waals surface area contributed by atoms with Gasteiger partial charge in [0.1, 0.15) is 0 Å². The second kappa shape index (κ2) is 7.89. The molecule has 5 heteroatoms. The van der Waals surface area contributed by atoms with Gasteiger partial charge in [-0.05, 0) is 36.1 Å². The Morgan fingerprint density at radius 1 is 1.00 bits per heavy atom. The number of anilines is 2. The number of fused-ring (bicyclic) bond motifs is 1. The fourth-order valence-corrected chi connectivity index (χ4v) is 3.79. The van der Waals surface area contributed by atoms with E-state index in [4.69, 9.17) is 4.74 Å². The predicted octanol–water partition coefficient (Wildman–Crippen LogP) is 2.22. The van der Waals surface area contributed by atoms with E-state index in [2.05, 4.69) is 45.9 Å². The molecule has 2 aromatic rings. The zero-order valence-corrected chi connectivity index (χ0v) is 14.9. The Hall–Kier alpha value is -2.37. The van der Waals surface area contributed by atoms with Crippen LogP contribution in [0.4, 0.5) is 11.4 Å². The normalized spacial score (nSPS) is 17.2. The number of amides is 1. The minimum absolute atomic E-state index is 0.00154. The van der Waals surface area contributed by atoms with Crippen molar-refractivity contribution < 1.29 is 9.53 Å². The number of ether oxygens (including phenoxy) is 1. The van der Waals surface area contributed by atoms with Gasteiger partial charge in [-0.3, -0.25) is 4.79 Å². The van der Waals surface area contributed by atoms with Crippen LogP contribution in [0.15, 0.2) is 48.5 Å². The molecular weight excluding hydrogens is 326 g/mol. The van der Waals surface area contributed by atoms with Crippen molar-refractivity contribution in [2.75, 3.05) is 43.1 Å². The van der Waals surface area contributed by atoms with Gasteiger partial charge in [0.05, 0.1) is 31.1 Å². The quantitative estimate of drug-likeness (QED) is 0.867. The van der Waals surface area contributed by atoms with Crippen molar-refractivity contribution in [3.63, 3.8) is 0 Å². The first-order chi connectivity index (χ1) is 12.8. The molecule has 1 amide bonds. The molecule has 1 saturated heterocycles. The Balaban J connectivity index is 1.33. The molecule has 5 nitrogen and oxygen atoms in total. The van der Waals surface area contributed by atoms with Crippen LogP contribution in [0, 0.1) is 0 Å². The molecule has 136 valence electrons. The van der Waals surface area contributed by atoms with Crippen molar-refractivity contribution >= 4 is 17.3 Å². The second-order valence-corrected chi connectivity index (χ2v) is 6.92. The molecule has 0 saturated carbocycles. The molecule has 1 aliphatic heterocycles. The van der Waals surface area contributed by atoms with Gasteiger partial charge in [0.2, 0.25) is 5.91 Å². The van der Waals surface area contributed by atoms with Crippen molar-refractivity contribution in [3.8, 4) is 0 Å². The third kappa shape index (κ3) is 3.89. The van der Waals surface area contributed by atoms with Crippen LogP contribution < -0.4 is 15.5 Å². The Kier molecular flexibility index (Phi) is 5.18. The number of nitrogens with zero attached hydrogens (tertiary/aromatic N) is 1. The number of morpholine rings is 1. The van der Waals surface area contributed by atoms with E-state index in [1.165, 1.54) is 11.1 Å². The lowest BCUT2D eigenvalue weighted by Gasteiger charge is -2.30. The van der Waals surface area contributed by atoms with E-state index >= 15 is 0 Å². The molecule has 0 unspecified atom stereocenters. The summed E-state index contributed by atoms with van der Waals surface area (Å²) in [7, 11) is 0. The molecule has 4 rings (SSSR count). The van der Waals surface area contributed by atoms with Crippen LogP contribution in [0.1, 0.15) is 11.1 Å². The van der Waals surface area contributed by atoms with Crippen LogP contribution in [0.3, 0.4) is 0 Å². The maximum atomic E-state index is 12.5. The molecular formula is C21H25N3O2. The molecule has 1 aliphatic carbocycles. The van der Waals surface area contributed by atoms with Crippen LogP contribution in [0.2, 0.25) is 0 Å². The maximum absolute atomic E-state index is 12.5. The Morgan fingerprint density at radius 3 is 2.38 bits per heavy atom. The third-order valence-electron chi connectivity index (χ3n) is 5.13. The highest BCUT2D eigenvalue weighted by atomic mass is 16.5. The van der Waals surface area contributed by atoms with E-state index in [1.54, 1.807) is 0 Å². The molecule has 1 fully saturated rings. The molecule has 2 N–H and O–H groups in total. The molecule has 0 aromatic heterocycles. The first kappa shape index (κ1) is 17.1. The highest BCUT2D eigenvalue weighted by Gasteiger charge is 2.21. The average molecular weight is 351 g/mol. The van der Waals surface area contributed by atoms with E-state index in [9.17, 15) is 4.79 Å². The lowest BCUT2D eigenvalue weighted by molar-refractivity contribution is -0.115. The number of benzene rings is 2. The van der Waals surface area contributed by atoms with Gasteiger partial charge in [0.25, 0.3) is 0 Å². The zero-order chi connectivity index (χ0) is 17.8. The highest BCUT2D eigenvalue weighted by molar-refractivity contribution is 5.95. The molecule has 2 aromatic carbocycles. The van der Waals surface area contributed by atoms with E-state index in [-0.39, 0.29) is 5.91 Å². The summed E-state index contributed by atoms with van der Waals surface area (Å²) in [4.78, 5) is 14.7. The van der Waals surface area contributed by atoms with Gasteiger partial charge >= 0.3 is 0 Å². The summed E-state index contributed by atoms with van der Waals surface area (Å²) in [5.41, 5.74) is 4.72. The summed E-state index contributed by atoms with van der Waals surface area (Å²) in [6, 6.07) is 16.8. The SMILES string of the molecule is O=C(CNC1Cc2ccccc2C1)Nc1ccccc1N1CCOCC1. The first-order valence-corrected chi connectivity index (χ1v) is 9.31. The van der Waals surface area contributed by atoms with Gasteiger partial charge in [0.15, 0.2) is 0 Å². The van der Waals surface area contributed by atoms with Crippen LogP contribution in [0.5, 0.6) is 0 Å². The molecule has 26 heavy (non-hydrogen) atoms. The van der Waals surface area contributed by atoms with E-state index in [0.717, 1.165) is 50.5 Å². The van der Waals surface area contributed by atoms with Gasteiger partial charge in [-0.15, -0.1) is 0 Å². The number of nitrogens with one attached hydrogen (secondary N) is 2. The largest absolute Gasteiger partial charge is 0.378 e. The van der Waals surface area contributed by atoms with Gasteiger partial charge in [-0.1, -0.05) is 36.4 Å². The minimum Gasteiger partial charge on any atom is -0.378 e. The summed E-state index contributed by atoms with van der Waals surface area (Å²) in [5, 5.41) is 6.47. The number of para-hydroxylation sites is 2. The van der Waals surface area contributed by atoms with Crippen molar-refractivity contribution in [2.24, 2.45) is 0 Å². The number of rotatable bonds is 5. The summed E-state index contributed by atoms with van der Waals surface area (Å²) >= 11 is 0. The summed E-state index contributed by atoms with van der Waals surface area (Å²) in [6.07, 6.45) is 1.99. The predicted molar refractivity (Wildman–Crippen MR) is 104 cm³/mol. The highest BCUT2D eigenvalue weighted by Crippen LogP contribution is 2.26. The lowest BCUT2D eigenvalue weighted by atomic mass is 10.1. The Morgan fingerprint density at radius 2 is 1.65 bits per heavy atom. The Bertz CT molecular complexity index is 746.